The maximum absolute atomic E-state index is 12.1. The monoisotopic (exact) mass is 304 g/mol. The molecule has 1 aliphatic rings. The molecule has 0 bridgehead atoms. The van der Waals surface area contributed by atoms with E-state index >= 15 is 0 Å². The number of carbonyl (C=O) groups excluding carboxylic acids is 1. The van der Waals surface area contributed by atoms with E-state index in [1.165, 1.54) is 0 Å². The average Bonchev–Trinajstić information content (AvgIpc) is 2.83. The standard InChI is InChI=1S/C13H28N2O4Si/c1-5-6-8-14-10-11-15(13(14)16)9-7-12-20(17-2,18-3)19-4/h5-12H2,1-4H3. The first-order chi connectivity index (χ1) is 9.62. The van der Waals surface area contributed by atoms with Gasteiger partial charge in [-0.15, -0.1) is 0 Å². The van der Waals surface area contributed by atoms with Crippen molar-refractivity contribution in [1.82, 2.24) is 9.80 Å². The number of unbranched alkanes of at least 4 members (excludes halogenated alkanes) is 1. The van der Waals surface area contributed by atoms with Gasteiger partial charge in [0.2, 0.25) is 0 Å². The summed E-state index contributed by atoms with van der Waals surface area (Å²) >= 11 is 0. The zero-order valence-corrected chi connectivity index (χ0v) is 14.2. The fraction of sp³-hybridized carbons (Fsp3) is 0.923. The fourth-order valence-electron chi connectivity index (χ4n) is 2.44. The van der Waals surface area contributed by atoms with Gasteiger partial charge >= 0.3 is 14.8 Å². The van der Waals surface area contributed by atoms with E-state index in [4.69, 9.17) is 13.3 Å². The molecule has 6 nitrogen and oxygen atoms in total. The minimum Gasteiger partial charge on any atom is -0.377 e. The highest BCUT2D eigenvalue weighted by Crippen LogP contribution is 2.17. The summed E-state index contributed by atoms with van der Waals surface area (Å²) in [5.74, 6) is 0. The Kier molecular flexibility index (Phi) is 7.50. The predicted molar refractivity (Wildman–Crippen MR) is 79.7 cm³/mol. The molecule has 7 heteroatoms. The van der Waals surface area contributed by atoms with Crippen LogP contribution in [0.25, 0.3) is 0 Å². The van der Waals surface area contributed by atoms with E-state index in [0.717, 1.165) is 51.5 Å². The molecule has 0 aromatic carbocycles. The summed E-state index contributed by atoms with van der Waals surface area (Å²) in [6.07, 6.45) is 3.04. The molecule has 1 rings (SSSR count). The van der Waals surface area contributed by atoms with Crippen molar-refractivity contribution in [2.45, 2.75) is 32.2 Å². The number of hydrogen-bond acceptors (Lipinski definition) is 4. The smallest absolute Gasteiger partial charge is 0.377 e. The van der Waals surface area contributed by atoms with Crippen molar-refractivity contribution in [2.24, 2.45) is 0 Å². The SMILES string of the molecule is CCCCN1CCN(CCC[Si](OC)(OC)OC)C1=O. The quantitative estimate of drug-likeness (QED) is 0.577. The molecular weight excluding hydrogens is 276 g/mol. The van der Waals surface area contributed by atoms with Gasteiger partial charge in [-0.1, -0.05) is 13.3 Å². The highest BCUT2D eigenvalue weighted by Gasteiger charge is 2.37. The summed E-state index contributed by atoms with van der Waals surface area (Å²) in [5.41, 5.74) is 0. The molecule has 0 atom stereocenters. The molecule has 1 aliphatic heterocycles. The third-order valence-electron chi connectivity index (χ3n) is 3.81. The van der Waals surface area contributed by atoms with Gasteiger partial charge in [0.25, 0.3) is 0 Å². The third-order valence-corrected chi connectivity index (χ3v) is 6.64. The Morgan fingerprint density at radius 2 is 1.50 bits per heavy atom. The van der Waals surface area contributed by atoms with Crippen LogP contribution >= 0.6 is 0 Å². The maximum Gasteiger partial charge on any atom is 0.500 e. The van der Waals surface area contributed by atoms with Gasteiger partial charge in [0, 0.05) is 53.6 Å². The van der Waals surface area contributed by atoms with E-state index in [2.05, 4.69) is 6.92 Å². The van der Waals surface area contributed by atoms with Crippen LogP contribution in [0.3, 0.4) is 0 Å². The number of carbonyl (C=O) groups is 1. The van der Waals surface area contributed by atoms with E-state index in [0.29, 0.717) is 0 Å². The van der Waals surface area contributed by atoms with Gasteiger partial charge in [-0.3, -0.25) is 0 Å². The van der Waals surface area contributed by atoms with Crippen molar-refractivity contribution in [3.63, 3.8) is 0 Å². The van der Waals surface area contributed by atoms with Crippen molar-refractivity contribution in [3.8, 4) is 0 Å². The highest BCUT2D eigenvalue weighted by atomic mass is 28.4. The first-order valence-electron chi connectivity index (χ1n) is 7.31. The van der Waals surface area contributed by atoms with Crippen LogP contribution in [0.2, 0.25) is 6.04 Å². The summed E-state index contributed by atoms with van der Waals surface area (Å²) in [4.78, 5) is 16.0. The van der Waals surface area contributed by atoms with Gasteiger partial charge in [-0.05, 0) is 12.8 Å². The molecule has 20 heavy (non-hydrogen) atoms. The van der Waals surface area contributed by atoms with Crippen LogP contribution in [0.5, 0.6) is 0 Å². The van der Waals surface area contributed by atoms with Gasteiger partial charge in [0.15, 0.2) is 0 Å². The van der Waals surface area contributed by atoms with E-state index < -0.39 is 8.80 Å². The minimum absolute atomic E-state index is 0.165. The largest absolute Gasteiger partial charge is 0.500 e. The average molecular weight is 304 g/mol. The Bertz CT molecular complexity index is 292. The third kappa shape index (κ3) is 4.44. The van der Waals surface area contributed by atoms with E-state index in [-0.39, 0.29) is 6.03 Å². The van der Waals surface area contributed by atoms with Crippen LogP contribution in [0.1, 0.15) is 26.2 Å². The summed E-state index contributed by atoms with van der Waals surface area (Å²) in [5, 5.41) is 0. The van der Waals surface area contributed by atoms with Crippen LogP contribution in [0.4, 0.5) is 4.79 Å². The number of urea groups is 1. The molecule has 0 spiro atoms. The summed E-state index contributed by atoms with van der Waals surface area (Å²) in [6, 6.07) is 0.896. The molecular formula is C13H28N2O4Si. The molecule has 1 heterocycles. The number of nitrogens with zero attached hydrogens (tertiary/aromatic N) is 2. The summed E-state index contributed by atoms with van der Waals surface area (Å²) in [6.45, 7) is 5.43. The first kappa shape index (κ1) is 17.4. The molecule has 0 saturated carbocycles. The Hall–Kier alpha value is -0.633. The van der Waals surface area contributed by atoms with Gasteiger partial charge in [-0.2, -0.15) is 0 Å². The van der Waals surface area contributed by atoms with Gasteiger partial charge in [-0.25, -0.2) is 4.79 Å². The Labute approximate surface area is 123 Å². The zero-order valence-electron chi connectivity index (χ0n) is 13.2. The molecule has 0 radical (unpaired) electrons. The van der Waals surface area contributed by atoms with E-state index in [1.807, 2.05) is 9.80 Å². The predicted octanol–water partition coefficient (Wildman–Crippen LogP) is 1.79. The maximum atomic E-state index is 12.1. The second-order valence-corrected chi connectivity index (χ2v) is 8.10. The van der Waals surface area contributed by atoms with Crippen molar-refractivity contribution >= 4 is 14.8 Å². The van der Waals surface area contributed by atoms with Crippen molar-refractivity contribution in [2.75, 3.05) is 47.5 Å². The lowest BCUT2D eigenvalue weighted by Gasteiger charge is -2.25. The molecule has 1 fully saturated rings. The number of amides is 2. The van der Waals surface area contributed by atoms with E-state index in [1.54, 1.807) is 21.3 Å². The van der Waals surface area contributed by atoms with E-state index in [9.17, 15) is 4.79 Å². The zero-order chi connectivity index (χ0) is 15.0. The Morgan fingerprint density at radius 1 is 1.00 bits per heavy atom. The normalized spacial score (nSPS) is 16.3. The van der Waals surface area contributed by atoms with Crippen LogP contribution in [-0.4, -0.2) is 72.1 Å². The van der Waals surface area contributed by atoms with Crippen LogP contribution in [0, 0.1) is 0 Å². The minimum atomic E-state index is -2.50. The molecule has 0 aromatic heterocycles. The fourth-order valence-corrected chi connectivity index (χ4v) is 4.14. The Morgan fingerprint density at radius 3 is 1.95 bits per heavy atom. The molecule has 0 aliphatic carbocycles. The van der Waals surface area contributed by atoms with Gasteiger partial charge < -0.3 is 23.1 Å². The number of hydrogen-bond donors (Lipinski definition) is 0. The second-order valence-electron chi connectivity index (χ2n) is 5.01. The molecule has 1 saturated heterocycles. The lowest BCUT2D eigenvalue weighted by molar-refractivity contribution is 0.122. The van der Waals surface area contributed by atoms with Crippen molar-refractivity contribution in [3.05, 3.63) is 0 Å². The molecule has 118 valence electrons. The van der Waals surface area contributed by atoms with Crippen molar-refractivity contribution < 1.29 is 18.1 Å². The lowest BCUT2D eigenvalue weighted by atomic mass is 10.3. The summed E-state index contributed by atoms with van der Waals surface area (Å²) < 4.78 is 16.1. The molecule has 0 N–H and O–H groups in total. The Balaban J connectivity index is 2.34. The molecule has 0 unspecified atom stereocenters. The summed E-state index contributed by atoms with van der Waals surface area (Å²) in [7, 11) is 2.35. The lowest BCUT2D eigenvalue weighted by Crippen LogP contribution is -2.43. The number of rotatable bonds is 10. The van der Waals surface area contributed by atoms with Crippen LogP contribution < -0.4 is 0 Å². The topological polar surface area (TPSA) is 51.2 Å². The van der Waals surface area contributed by atoms with Gasteiger partial charge in [0.1, 0.15) is 0 Å². The highest BCUT2D eigenvalue weighted by molar-refractivity contribution is 6.60. The van der Waals surface area contributed by atoms with Crippen molar-refractivity contribution in [1.29, 1.82) is 0 Å². The first-order valence-corrected chi connectivity index (χ1v) is 9.25. The van der Waals surface area contributed by atoms with Crippen LogP contribution in [-0.2, 0) is 13.3 Å². The molecule has 0 aromatic rings. The van der Waals surface area contributed by atoms with Gasteiger partial charge in [0.05, 0.1) is 0 Å². The second kappa shape index (κ2) is 8.61. The molecule has 2 amide bonds. The van der Waals surface area contributed by atoms with Crippen LogP contribution in [0.15, 0.2) is 0 Å².